The van der Waals surface area contributed by atoms with Crippen molar-refractivity contribution in [2.75, 3.05) is 6.61 Å². The molecular formula is C28H30Cl2N2O3. The zero-order chi connectivity index (χ0) is 25.2. The summed E-state index contributed by atoms with van der Waals surface area (Å²) >= 11 is 12.6. The van der Waals surface area contributed by atoms with Crippen LogP contribution in [-0.2, 0) is 22.6 Å². The van der Waals surface area contributed by atoms with E-state index in [9.17, 15) is 9.59 Å². The van der Waals surface area contributed by atoms with E-state index < -0.39 is 6.04 Å². The highest BCUT2D eigenvalue weighted by atomic mass is 35.5. The number of hydrogen-bond donors (Lipinski definition) is 1. The molecule has 0 aliphatic rings. The molecule has 0 unspecified atom stereocenters. The number of halogens is 2. The molecule has 0 aliphatic carbocycles. The van der Waals surface area contributed by atoms with Crippen LogP contribution in [0.25, 0.3) is 0 Å². The van der Waals surface area contributed by atoms with Crippen molar-refractivity contribution < 1.29 is 14.3 Å². The van der Waals surface area contributed by atoms with Crippen molar-refractivity contribution in [2.24, 2.45) is 0 Å². The Morgan fingerprint density at radius 2 is 1.54 bits per heavy atom. The molecule has 2 amide bonds. The molecule has 3 aromatic carbocycles. The van der Waals surface area contributed by atoms with E-state index in [0.29, 0.717) is 22.2 Å². The molecule has 0 saturated carbocycles. The van der Waals surface area contributed by atoms with E-state index in [1.165, 1.54) is 0 Å². The van der Waals surface area contributed by atoms with Crippen molar-refractivity contribution in [1.82, 2.24) is 10.2 Å². The average Bonchev–Trinajstić information content (AvgIpc) is 2.87. The standard InChI is InChI=1S/C28H30Cl2N2O3/c1-3-20(2)31-28(34)25(17-21-11-5-4-6-12-21)32(18-22-13-7-8-14-23(22)29)27(33)19-35-26-16-10-9-15-24(26)30/h4-16,20,25H,3,17-19H2,1-2H3,(H,31,34)/t20-,25-/m0/s1. The summed E-state index contributed by atoms with van der Waals surface area (Å²) < 4.78 is 5.74. The smallest absolute Gasteiger partial charge is 0.261 e. The predicted octanol–water partition coefficient (Wildman–Crippen LogP) is 5.93. The number of carbonyl (C=O) groups is 2. The van der Waals surface area contributed by atoms with Crippen molar-refractivity contribution in [3.8, 4) is 5.75 Å². The van der Waals surface area contributed by atoms with Crippen molar-refractivity contribution in [3.63, 3.8) is 0 Å². The second kappa shape index (κ2) is 13.2. The van der Waals surface area contributed by atoms with Crippen LogP contribution in [-0.4, -0.2) is 35.4 Å². The van der Waals surface area contributed by atoms with Crippen LogP contribution >= 0.6 is 23.2 Å². The van der Waals surface area contributed by atoms with Crippen LogP contribution in [0.15, 0.2) is 78.9 Å². The van der Waals surface area contributed by atoms with E-state index in [4.69, 9.17) is 27.9 Å². The number of ether oxygens (including phenoxy) is 1. The van der Waals surface area contributed by atoms with Gasteiger partial charge in [0.05, 0.1) is 5.02 Å². The lowest BCUT2D eigenvalue weighted by atomic mass is 10.0. The van der Waals surface area contributed by atoms with Gasteiger partial charge < -0.3 is 15.0 Å². The lowest BCUT2D eigenvalue weighted by molar-refractivity contribution is -0.143. The highest BCUT2D eigenvalue weighted by molar-refractivity contribution is 6.32. The van der Waals surface area contributed by atoms with Gasteiger partial charge in [-0.3, -0.25) is 9.59 Å². The minimum absolute atomic E-state index is 0.0302. The number of para-hydroxylation sites is 1. The number of amides is 2. The molecular weight excluding hydrogens is 483 g/mol. The van der Waals surface area contributed by atoms with Crippen molar-refractivity contribution in [3.05, 3.63) is 100 Å². The van der Waals surface area contributed by atoms with Gasteiger partial charge in [0.1, 0.15) is 11.8 Å². The Balaban J connectivity index is 1.93. The zero-order valence-electron chi connectivity index (χ0n) is 19.9. The summed E-state index contributed by atoms with van der Waals surface area (Å²) in [5, 5.41) is 3.98. The first-order valence-corrected chi connectivity index (χ1v) is 12.4. The Morgan fingerprint density at radius 3 is 2.20 bits per heavy atom. The average molecular weight is 513 g/mol. The van der Waals surface area contributed by atoms with Gasteiger partial charge in [0.2, 0.25) is 5.91 Å². The highest BCUT2D eigenvalue weighted by Gasteiger charge is 2.31. The maximum atomic E-state index is 13.6. The molecule has 0 saturated heterocycles. The van der Waals surface area contributed by atoms with Crippen LogP contribution < -0.4 is 10.1 Å². The normalized spacial score (nSPS) is 12.5. The van der Waals surface area contributed by atoms with Gasteiger partial charge in [-0.25, -0.2) is 0 Å². The first kappa shape index (κ1) is 26.6. The second-order valence-corrected chi connectivity index (χ2v) is 9.17. The molecule has 0 aliphatic heterocycles. The Bertz CT molecular complexity index is 1120. The molecule has 0 aromatic heterocycles. The van der Waals surface area contributed by atoms with E-state index in [-0.39, 0.29) is 31.0 Å². The molecule has 3 rings (SSSR count). The van der Waals surface area contributed by atoms with Crippen LogP contribution in [0, 0.1) is 0 Å². The summed E-state index contributed by atoms with van der Waals surface area (Å²) in [6, 6.07) is 23.1. The topological polar surface area (TPSA) is 58.6 Å². The lowest BCUT2D eigenvalue weighted by Gasteiger charge is -2.32. The molecule has 3 aromatic rings. The lowest BCUT2D eigenvalue weighted by Crippen LogP contribution is -2.53. The van der Waals surface area contributed by atoms with E-state index in [2.05, 4.69) is 5.32 Å². The Labute approximate surface area is 217 Å². The SMILES string of the molecule is CC[C@H](C)NC(=O)[C@H](Cc1ccccc1)N(Cc1ccccc1Cl)C(=O)COc1ccccc1Cl. The first-order chi connectivity index (χ1) is 16.9. The maximum absolute atomic E-state index is 13.6. The number of nitrogens with one attached hydrogen (secondary N) is 1. The van der Waals surface area contributed by atoms with Gasteiger partial charge in [0.15, 0.2) is 6.61 Å². The minimum atomic E-state index is -0.759. The molecule has 0 bridgehead atoms. The summed E-state index contributed by atoms with van der Waals surface area (Å²) in [6.45, 7) is 3.84. The van der Waals surface area contributed by atoms with E-state index >= 15 is 0 Å². The van der Waals surface area contributed by atoms with E-state index in [1.54, 1.807) is 35.2 Å². The largest absolute Gasteiger partial charge is 0.482 e. The molecule has 2 atom stereocenters. The molecule has 0 heterocycles. The van der Waals surface area contributed by atoms with E-state index in [0.717, 1.165) is 17.5 Å². The summed E-state index contributed by atoms with van der Waals surface area (Å²) in [6.07, 6.45) is 1.13. The molecule has 35 heavy (non-hydrogen) atoms. The van der Waals surface area contributed by atoms with Crippen molar-refractivity contribution in [1.29, 1.82) is 0 Å². The fraction of sp³-hybridized carbons (Fsp3) is 0.286. The van der Waals surface area contributed by atoms with E-state index in [1.807, 2.05) is 62.4 Å². The number of rotatable bonds is 11. The Morgan fingerprint density at radius 1 is 0.914 bits per heavy atom. The Hall–Kier alpha value is -3.02. The highest BCUT2D eigenvalue weighted by Crippen LogP contribution is 2.24. The summed E-state index contributed by atoms with van der Waals surface area (Å²) in [5.74, 6) is -0.157. The quantitative estimate of drug-likeness (QED) is 0.346. The summed E-state index contributed by atoms with van der Waals surface area (Å²) in [5.41, 5.74) is 1.69. The minimum Gasteiger partial charge on any atom is -0.482 e. The van der Waals surface area contributed by atoms with Crippen LogP contribution in [0.4, 0.5) is 0 Å². The molecule has 0 spiro atoms. The van der Waals surface area contributed by atoms with Gasteiger partial charge in [0.25, 0.3) is 5.91 Å². The number of nitrogens with zero attached hydrogens (tertiary/aromatic N) is 1. The molecule has 0 fully saturated rings. The zero-order valence-corrected chi connectivity index (χ0v) is 21.4. The van der Waals surface area contributed by atoms with Gasteiger partial charge in [-0.05, 0) is 42.7 Å². The number of hydrogen-bond acceptors (Lipinski definition) is 3. The monoisotopic (exact) mass is 512 g/mol. The van der Waals surface area contributed by atoms with Gasteiger partial charge in [0, 0.05) is 24.0 Å². The fourth-order valence-electron chi connectivity index (χ4n) is 3.59. The number of benzene rings is 3. The van der Waals surface area contributed by atoms with Gasteiger partial charge in [-0.1, -0.05) is 90.8 Å². The van der Waals surface area contributed by atoms with Crippen LogP contribution in [0.3, 0.4) is 0 Å². The van der Waals surface area contributed by atoms with Crippen LogP contribution in [0.1, 0.15) is 31.4 Å². The van der Waals surface area contributed by atoms with Gasteiger partial charge in [-0.15, -0.1) is 0 Å². The summed E-state index contributed by atoms with van der Waals surface area (Å²) in [4.78, 5) is 28.6. The van der Waals surface area contributed by atoms with Crippen molar-refractivity contribution >= 4 is 35.0 Å². The molecule has 7 heteroatoms. The Kier molecular flexibility index (Phi) is 10.0. The molecule has 5 nitrogen and oxygen atoms in total. The maximum Gasteiger partial charge on any atom is 0.261 e. The second-order valence-electron chi connectivity index (χ2n) is 8.36. The first-order valence-electron chi connectivity index (χ1n) is 11.6. The summed E-state index contributed by atoms with van der Waals surface area (Å²) in [7, 11) is 0. The molecule has 184 valence electrons. The molecule has 0 radical (unpaired) electrons. The third-order valence-corrected chi connectivity index (χ3v) is 6.44. The fourth-order valence-corrected chi connectivity index (χ4v) is 3.98. The third-order valence-electron chi connectivity index (χ3n) is 5.76. The predicted molar refractivity (Wildman–Crippen MR) is 141 cm³/mol. The van der Waals surface area contributed by atoms with Gasteiger partial charge in [-0.2, -0.15) is 0 Å². The van der Waals surface area contributed by atoms with Crippen LogP contribution in [0.2, 0.25) is 10.0 Å². The third kappa shape index (κ3) is 7.74. The van der Waals surface area contributed by atoms with Gasteiger partial charge >= 0.3 is 0 Å². The van der Waals surface area contributed by atoms with Crippen molar-refractivity contribution in [2.45, 2.75) is 45.3 Å². The number of carbonyl (C=O) groups excluding carboxylic acids is 2. The van der Waals surface area contributed by atoms with Crippen LogP contribution in [0.5, 0.6) is 5.75 Å². The molecule has 1 N–H and O–H groups in total.